The highest BCUT2D eigenvalue weighted by Crippen LogP contribution is 2.28. The maximum absolute atomic E-state index is 12.6. The second-order valence-electron chi connectivity index (χ2n) is 5.48. The summed E-state index contributed by atoms with van der Waals surface area (Å²) in [7, 11) is 0.0857. The lowest BCUT2D eigenvalue weighted by atomic mass is 10.1. The standard InChI is InChI=1S/C14H24N2O3S2/c1-11-8-14(20-13(11)9-15-2)21(17,18)16(3)10-12-6-4-5-7-19-12/h8,12,15H,4-7,9-10H2,1-3H3. The third-order valence-electron chi connectivity index (χ3n) is 3.73. The molecule has 0 aromatic carbocycles. The Labute approximate surface area is 131 Å². The van der Waals surface area contributed by atoms with Gasteiger partial charge in [-0.25, -0.2) is 8.42 Å². The Kier molecular flexibility index (Phi) is 5.79. The van der Waals surface area contributed by atoms with Gasteiger partial charge in [0.15, 0.2) is 0 Å². The van der Waals surface area contributed by atoms with Crippen molar-refractivity contribution in [2.24, 2.45) is 0 Å². The number of rotatable bonds is 6. The largest absolute Gasteiger partial charge is 0.377 e. The van der Waals surface area contributed by atoms with E-state index < -0.39 is 10.0 Å². The molecule has 2 heterocycles. The lowest BCUT2D eigenvalue weighted by molar-refractivity contribution is 0.00860. The maximum Gasteiger partial charge on any atom is 0.252 e. The second kappa shape index (κ2) is 7.19. The van der Waals surface area contributed by atoms with E-state index in [0.29, 0.717) is 17.3 Å². The van der Waals surface area contributed by atoms with Gasteiger partial charge < -0.3 is 10.1 Å². The minimum absolute atomic E-state index is 0.0244. The lowest BCUT2D eigenvalue weighted by Gasteiger charge is -2.26. The topological polar surface area (TPSA) is 58.6 Å². The number of thiophene rings is 1. The number of hydrogen-bond donors (Lipinski definition) is 1. The van der Waals surface area contributed by atoms with Gasteiger partial charge in [0.05, 0.1) is 6.10 Å². The minimum atomic E-state index is -3.41. The number of nitrogens with zero attached hydrogens (tertiary/aromatic N) is 1. The highest BCUT2D eigenvalue weighted by molar-refractivity contribution is 7.91. The predicted molar refractivity (Wildman–Crippen MR) is 85.2 cm³/mol. The molecule has 0 amide bonds. The van der Waals surface area contributed by atoms with Gasteiger partial charge in [-0.1, -0.05) is 0 Å². The molecule has 1 aliphatic rings. The summed E-state index contributed by atoms with van der Waals surface area (Å²) in [5.74, 6) is 0. The van der Waals surface area contributed by atoms with Crippen molar-refractivity contribution in [2.75, 3.05) is 27.2 Å². The maximum atomic E-state index is 12.6. The van der Waals surface area contributed by atoms with Crippen LogP contribution in [0.2, 0.25) is 0 Å². The van der Waals surface area contributed by atoms with Crippen LogP contribution in [0.1, 0.15) is 29.7 Å². The van der Waals surface area contributed by atoms with Crippen molar-refractivity contribution in [3.63, 3.8) is 0 Å². The molecule has 0 bridgehead atoms. The molecule has 1 N–H and O–H groups in total. The first kappa shape index (κ1) is 16.9. The summed E-state index contributed by atoms with van der Waals surface area (Å²) >= 11 is 1.35. The van der Waals surface area contributed by atoms with E-state index in [1.54, 1.807) is 13.1 Å². The molecule has 0 saturated carbocycles. The molecule has 21 heavy (non-hydrogen) atoms. The molecule has 120 valence electrons. The first-order valence-corrected chi connectivity index (χ1v) is 9.52. The van der Waals surface area contributed by atoms with Crippen molar-refractivity contribution in [3.05, 3.63) is 16.5 Å². The summed E-state index contributed by atoms with van der Waals surface area (Å²) in [6.07, 6.45) is 3.15. The van der Waals surface area contributed by atoms with Gasteiger partial charge in [-0.15, -0.1) is 11.3 Å². The van der Waals surface area contributed by atoms with Crippen LogP contribution in [0.15, 0.2) is 10.3 Å². The number of hydrogen-bond acceptors (Lipinski definition) is 5. The fourth-order valence-electron chi connectivity index (χ4n) is 2.44. The van der Waals surface area contributed by atoms with Gasteiger partial charge in [0, 0.05) is 31.6 Å². The van der Waals surface area contributed by atoms with Crippen molar-refractivity contribution in [2.45, 2.75) is 43.0 Å². The normalized spacial score (nSPS) is 20.1. The quantitative estimate of drug-likeness (QED) is 0.865. The van der Waals surface area contributed by atoms with Crippen LogP contribution in [0, 0.1) is 6.92 Å². The Balaban J connectivity index is 2.10. The Morgan fingerprint density at radius 1 is 1.48 bits per heavy atom. The summed E-state index contributed by atoms with van der Waals surface area (Å²) in [4.78, 5) is 1.07. The number of likely N-dealkylation sites (N-methyl/N-ethyl adjacent to an activating group) is 1. The Bertz CT molecular complexity index is 563. The van der Waals surface area contributed by atoms with Gasteiger partial charge in [0.25, 0.3) is 10.0 Å². The molecular weight excluding hydrogens is 308 g/mol. The highest BCUT2D eigenvalue weighted by Gasteiger charge is 2.27. The molecule has 1 aliphatic heterocycles. The summed E-state index contributed by atoms with van der Waals surface area (Å²) in [6, 6.07) is 1.77. The van der Waals surface area contributed by atoms with Crippen LogP contribution in [0.25, 0.3) is 0 Å². The lowest BCUT2D eigenvalue weighted by Crippen LogP contribution is -2.36. The van der Waals surface area contributed by atoms with E-state index in [4.69, 9.17) is 4.74 Å². The molecular formula is C14H24N2O3S2. The predicted octanol–water partition coefficient (Wildman–Crippen LogP) is 1.97. The third kappa shape index (κ3) is 4.04. The van der Waals surface area contributed by atoms with Crippen LogP contribution in [-0.4, -0.2) is 46.1 Å². The molecule has 1 unspecified atom stereocenters. The summed E-state index contributed by atoms with van der Waals surface area (Å²) in [5, 5.41) is 3.07. The molecule has 5 nitrogen and oxygen atoms in total. The molecule has 1 atom stereocenters. The number of ether oxygens (including phenoxy) is 1. The van der Waals surface area contributed by atoms with Crippen LogP contribution < -0.4 is 5.32 Å². The van der Waals surface area contributed by atoms with E-state index in [2.05, 4.69) is 5.32 Å². The van der Waals surface area contributed by atoms with Gasteiger partial charge in [-0.05, 0) is 44.9 Å². The van der Waals surface area contributed by atoms with E-state index in [1.165, 1.54) is 15.6 Å². The average molecular weight is 332 g/mol. The molecule has 2 rings (SSSR count). The van der Waals surface area contributed by atoms with Crippen molar-refractivity contribution in [3.8, 4) is 0 Å². The van der Waals surface area contributed by atoms with E-state index >= 15 is 0 Å². The molecule has 7 heteroatoms. The van der Waals surface area contributed by atoms with E-state index in [9.17, 15) is 8.42 Å². The highest BCUT2D eigenvalue weighted by atomic mass is 32.2. The Hall–Kier alpha value is -0.470. The molecule has 0 aliphatic carbocycles. The summed E-state index contributed by atoms with van der Waals surface area (Å²) in [5.41, 5.74) is 1.02. The van der Waals surface area contributed by atoms with Gasteiger partial charge >= 0.3 is 0 Å². The average Bonchev–Trinajstić information content (AvgIpc) is 2.82. The second-order valence-corrected chi connectivity index (χ2v) is 8.88. The van der Waals surface area contributed by atoms with E-state index in [-0.39, 0.29) is 6.10 Å². The molecule has 1 fully saturated rings. The Morgan fingerprint density at radius 2 is 2.24 bits per heavy atom. The molecule has 1 saturated heterocycles. The zero-order valence-corrected chi connectivity index (χ0v) is 14.5. The molecule has 0 spiro atoms. The Morgan fingerprint density at radius 3 is 2.86 bits per heavy atom. The monoisotopic (exact) mass is 332 g/mol. The van der Waals surface area contributed by atoms with E-state index in [1.807, 2.05) is 14.0 Å². The van der Waals surface area contributed by atoms with Crippen molar-refractivity contribution >= 4 is 21.4 Å². The number of aryl methyl sites for hydroxylation is 1. The van der Waals surface area contributed by atoms with Crippen LogP contribution in [0.4, 0.5) is 0 Å². The molecule has 1 aromatic rings. The minimum Gasteiger partial charge on any atom is -0.377 e. The number of sulfonamides is 1. The zero-order valence-electron chi connectivity index (χ0n) is 12.9. The van der Waals surface area contributed by atoms with Gasteiger partial charge in [0.2, 0.25) is 0 Å². The summed E-state index contributed by atoms with van der Waals surface area (Å²) in [6.45, 7) is 3.82. The SMILES string of the molecule is CNCc1sc(S(=O)(=O)N(C)CC2CCCCO2)cc1C. The third-order valence-corrected chi connectivity index (χ3v) is 7.24. The molecule has 0 radical (unpaired) electrons. The van der Waals surface area contributed by atoms with Gasteiger partial charge in [-0.2, -0.15) is 4.31 Å². The fourth-order valence-corrected chi connectivity index (χ4v) is 5.46. The first-order valence-electron chi connectivity index (χ1n) is 7.27. The smallest absolute Gasteiger partial charge is 0.252 e. The molecule has 1 aromatic heterocycles. The van der Waals surface area contributed by atoms with E-state index in [0.717, 1.165) is 36.3 Å². The fraction of sp³-hybridized carbons (Fsp3) is 0.714. The van der Waals surface area contributed by atoms with Crippen LogP contribution in [0.3, 0.4) is 0 Å². The number of nitrogens with one attached hydrogen (secondary N) is 1. The van der Waals surface area contributed by atoms with Crippen LogP contribution >= 0.6 is 11.3 Å². The van der Waals surface area contributed by atoms with Gasteiger partial charge in [-0.3, -0.25) is 0 Å². The van der Waals surface area contributed by atoms with Crippen LogP contribution in [-0.2, 0) is 21.3 Å². The first-order chi connectivity index (χ1) is 9.95. The van der Waals surface area contributed by atoms with Crippen molar-refractivity contribution in [1.29, 1.82) is 0 Å². The summed E-state index contributed by atoms with van der Waals surface area (Å²) < 4.78 is 32.8. The zero-order chi connectivity index (χ0) is 15.5. The van der Waals surface area contributed by atoms with Crippen LogP contribution in [0.5, 0.6) is 0 Å². The van der Waals surface area contributed by atoms with Gasteiger partial charge in [0.1, 0.15) is 4.21 Å². The van der Waals surface area contributed by atoms with Crippen molar-refractivity contribution in [1.82, 2.24) is 9.62 Å². The van der Waals surface area contributed by atoms with Crippen molar-refractivity contribution < 1.29 is 13.2 Å².